The highest BCUT2D eigenvalue weighted by Crippen LogP contribution is 2.38. The fourth-order valence-corrected chi connectivity index (χ4v) is 5.01. The van der Waals surface area contributed by atoms with Crippen molar-refractivity contribution in [1.29, 1.82) is 0 Å². The molecule has 2 N–H and O–H groups in total. The molecular weight excluding hydrogens is 508 g/mol. The van der Waals surface area contributed by atoms with Gasteiger partial charge in [-0.3, -0.25) is 0 Å². The Morgan fingerprint density at radius 1 is 1.00 bits per heavy atom. The topological polar surface area (TPSA) is 97.3 Å². The van der Waals surface area contributed by atoms with Gasteiger partial charge in [-0.2, -0.15) is 0 Å². The van der Waals surface area contributed by atoms with Gasteiger partial charge in [-0.15, -0.1) is 12.4 Å². The van der Waals surface area contributed by atoms with E-state index in [9.17, 15) is 9.59 Å². The number of nitrogens with one attached hydrogen (secondary N) is 1. The number of carbonyl (C=O) groups is 2. The standard InChI is InChI=1S/C29H30N2O6.ClH/c1-19(24-8-5-9-26-27(24)36-15-14-35-26)30-16-22-17-31(18-25(22)20-6-3-2-4-7-20)29(34)37-23-12-10-21(11-13-23)28(32)33;/h2-13,19,22,25,30H,14-18H2,1H3,(H,32,33);1H/t19?,22-,25+;/m0./s1. The van der Waals surface area contributed by atoms with E-state index in [0.717, 1.165) is 17.1 Å². The molecule has 1 amide bonds. The Labute approximate surface area is 227 Å². The Bertz CT molecular complexity index is 1250. The SMILES string of the molecule is CC(NC[C@H]1CN(C(=O)Oc2ccc(C(=O)O)cc2)C[C@@H]1c1ccccc1)c1cccc2c1OCCO2.Cl. The lowest BCUT2D eigenvalue weighted by atomic mass is 9.88. The van der Waals surface area contributed by atoms with E-state index < -0.39 is 12.1 Å². The zero-order chi connectivity index (χ0) is 25.8. The van der Waals surface area contributed by atoms with E-state index >= 15 is 0 Å². The number of rotatable bonds is 7. The molecule has 200 valence electrons. The molecule has 0 bridgehead atoms. The normalized spacial score (nSPS) is 18.8. The number of benzene rings is 3. The van der Waals surface area contributed by atoms with Crippen molar-refractivity contribution in [1.82, 2.24) is 10.2 Å². The summed E-state index contributed by atoms with van der Waals surface area (Å²) in [6.45, 7) is 4.96. The molecule has 3 atom stereocenters. The maximum atomic E-state index is 13.0. The summed E-state index contributed by atoms with van der Waals surface area (Å²) in [6.07, 6.45) is -0.442. The fourth-order valence-electron chi connectivity index (χ4n) is 5.01. The van der Waals surface area contributed by atoms with E-state index in [1.54, 1.807) is 4.90 Å². The summed E-state index contributed by atoms with van der Waals surface area (Å²) in [7, 11) is 0. The highest BCUT2D eigenvalue weighted by molar-refractivity contribution is 5.87. The van der Waals surface area contributed by atoms with Crippen LogP contribution in [0.2, 0.25) is 0 Å². The van der Waals surface area contributed by atoms with E-state index in [1.165, 1.54) is 29.8 Å². The van der Waals surface area contributed by atoms with Gasteiger partial charge in [0, 0.05) is 37.2 Å². The molecule has 3 aromatic carbocycles. The minimum absolute atomic E-state index is 0. The number of amides is 1. The lowest BCUT2D eigenvalue weighted by molar-refractivity contribution is 0.0697. The van der Waals surface area contributed by atoms with E-state index in [4.69, 9.17) is 19.3 Å². The predicted molar refractivity (Wildman–Crippen MR) is 145 cm³/mol. The molecular formula is C29H31ClN2O6. The third-order valence-corrected chi connectivity index (χ3v) is 6.98. The van der Waals surface area contributed by atoms with Gasteiger partial charge in [0.25, 0.3) is 0 Å². The molecule has 3 aromatic rings. The Hall–Kier alpha value is -3.75. The van der Waals surface area contributed by atoms with Crippen molar-refractivity contribution in [2.24, 2.45) is 5.92 Å². The maximum Gasteiger partial charge on any atom is 0.415 e. The molecule has 0 aliphatic carbocycles. The lowest BCUT2D eigenvalue weighted by Crippen LogP contribution is -2.33. The Morgan fingerprint density at radius 3 is 2.47 bits per heavy atom. The molecule has 2 aliphatic heterocycles. The molecule has 0 radical (unpaired) electrons. The second-order valence-corrected chi connectivity index (χ2v) is 9.38. The molecule has 2 heterocycles. The van der Waals surface area contributed by atoms with Crippen LogP contribution in [-0.4, -0.2) is 54.9 Å². The van der Waals surface area contributed by atoms with Gasteiger partial charge in [0.1, 0.15) is 19.0 Å². The molecule has 1 saturated heterocycles. The average Bonchev–Trinajstić information content (AvgIpc) is 3.37. The summed E-state index contributed by atoms with van der Waals surface area (Å²) >= 11 is 0. The van der Waals surface area contributed by atoms with Gasteiger partial charge in [0.05, 0.1) is 5.56 Å². The van der Waals surface area contributed by atoms with E-state index in [-0.39, 0.29) is 35.8 Å². The van der Waals surface area contributed by atoms with Crippen molar-refractivity contribution in [3.8, 4) is 17.2 Å². The Balaban J connectivity index is 0.00000336. The number of hydrogen-bond acceptors (Lipinski definition) is 6. The molecule has 1 fully saturated rings. The number of para-hydroxylation sites is 1. The first-order valence-corrected chi connectivity index (χ1v) is 12.5. The molecule has 1 unspecified atom stereocenters. The van der Waals surface area contributed by atoms with Gasteiger partial charge >= 0.3 is 12.1 Å². The van der Waals surface area contributed by atoms with Crippen molar-refractivity contribution in [3.05, 3.63) is 89.5 Å². The van der Waals surface area contributed by atoms with Crippen molar-refractivity contribution < 1.29 is 28.9 Å². The molecule has 0 aromatic heterocycles. The summed E-state index contributed by atoms with van der Waals surface area (Å²) in [5.41, 5.74) is 2.37. The van der Waals surface area contributed by atoms with Gasteiger partial charge < -0.3 is 29.5 Å². The van der Waals surface area contributed by atoms with E-state index in [2.05, 4.69) is 24.4 Å². The molecule has 8 nitrogen and oxygen atoms in total. The second kappa shape index (κ2) is 12.2. The largest absolute Gasteiger partial charge is 0.486 e. The van der Waals surface area contributed by atoms with E-state index in [1.807, 2.05) is 36.4 Å². The van der Waals surface area contributed by atoms with Crippen molar-refractivity contribution in [3.63, 3.8) is 0 Å². The molecule has 38 heavy (non-hydrogen) atoms. The van der Waals surface area contributed by atoms with Crippen LogP contribution in [0.1, 0.15) is 40.4 Å². The van der Waals surface area contributed by atoms with Gasteiger partial charge in [-0.25, -0.2) is 9.59 Å². The smallest absolute Gasteiger partial charge is 0.415 e. The maximum absolute atomic E-state index is 13.0. The Kier molecular flexibility index (Phi) is 8.76. The quantitative estimate of drug-likeness (QED) is 0.429. The van der Waals surface area contributed by atoms with E-state index in [0.29, 0.717) is 38.6 Å². The fraction of sp³-hybridized carbons (Fsp3) is 0.310. The summed E-state index contributed by atoms with van der Waals surface area (Å²) in [4.78, 5) is 25.8. The highest BCUT2D eigenvalue weighted by atomic mass is 35.5. The van der Waals surface area contributed by atoms with Gasteiger partial charge in [0.2, 0.25) is 0 Å². The number of nitrogens with zero attached hydrogens (tertiary/aromatic N) is 1. The summed E-state index contributed by atoms with van der Waals surface area (Å²) < 4.78 is 17.2. The minimum atomic E-state index is -1.03. The molecule has 0 spiro atoms. The minimum Gasteiger partial charge on any atom is -0.486 e. The van der Waals surface area contributed by atoms with Crippen LogP contribution in [0.25, 0.3) is 0 Å². The summed E-state index contributed by atoms with van der Waals surface area (Å²) in [6, 6.07) is 22.0. The van der Waals surface area contributed by atoms with Gasteiger partial charge in [0.15, 0.2) is 11.5 Å². The van der Waals surface area contributed by atoms with Gasteiger partial charge in [-0.05, 0) is 48.7 Å². The number of aromatic carboxylic acids is 1. The highest BCUT2D eigenvalue weighted by Gasteiger charge is 2.37. The van der Waals surface area contributed by atoms with Crippen LogP contribution < -0.4 is 19.5 Å². The molecule has 2 aliphatic rings. The number of carbonyl (C=O) groups excluding carboxylic acids is 1. The molecule has 0 saturated carbocycles. The summed E-state index contributed by atoms with van der Waals surface area (Å²) in [5.74, 6) is 1.17. The summed E-state index contributed by atoms with van der Waals surface area (Å²) in [5, 5.41) is 12.7. The van der Waals surface area contributed by atoms with Crippen LogP contribution in [0.15, 0.2) is 72.8 Å². The first-order chi connectivity index (χ1) is 18.0. The van der Waals surface area contributed by atoms with Crippen LogP contribution in [0.4, 0.5) is 4.79 Å². The first kappa shape index (κ1) is 27.3. The van der Waals surface area contributed by atoms with Crippen LogP contribution >= 0.6 is 12.4 Å². The lowest BCUT2D eigenvalue weighted by Gasteiger charge is -2.26. The predicted octanol–water partition coefficient (Wildman–Crippen LogP) is 5.14. The number of halogens is 1. The number of carboxylic acids is 1. The Morgan fingerprint density at radius 2 is 1.74 bits per heavy atom. The molecule has 9 heteroatoms. The number of fused-ring (bicyclic) bond motifs is 1. The van der Waals surface area contributed by atoms with Crippen LogP contribution in [-0.2, 0) is 0 Å². The third-order valence-electron chi connectivity index (χ3n) is 6.98. The first-order valence-electron chi connectivity index (χ1n) is 12.5. The van der Waals surface area contributed by atoms with Crippen LogP contribution in [0, 0.1) is 5.92 Å². The monoisotopic (exact) mass is 538 g/mol. The number of hydrogen-bond donors (Lipinski definition) is 2. The third kappa shape index (κ3) is 6.03. The molecule has 5 rings (SSSR count). The van der Waals surface area contributed by atoms with Crippen LogP contribution in [0.3, 0.4) is 0 Å². The average molecular weight is 539 g/mol. The number of likely N-dealkylation sites (tertiary alicyclic amines) is 1. The number of carboxylic acid groups (broad SMARTS) is 1. The van der Waals surface area contributed by atoms with Crippen molar-refractivity contribution >= 4 is 24.5 Å². The zero-order valence-corrected chi connectivity index (χ0v) is 21.9. The van der Waals surface area contributed by atoms with Gasteiger partial charge in [-0.1, -0.05) is 42.5 Å². The number of ether oxygens (including phenoxy) is 3. The second-order valence-electron chi connectivity index (χ2n) is 9.38. The zero-order valence-electron chi connectivity index (χ0n) is 21.0. The van der Waals surface area contributed by atoms with Crippen molar-refractivity contribution in [2.75, 3.05) is 32.8 Å². The van der Waals surface area contributed by atoms with Crippen LogP contribution in [0.5, 0.6) is 17.2 Å². The van der Waals surface area contributed by atoms with Crippen molar-refractivity contribution in [2.45, 2.75) is 18.9 Å².